The maximum Gasteiger partial charge on any atom is 0.0415 e. The van der Waals surface area contributed by atoms with Gasteiger partial charge in [0.05, 0.1) is 0 Å². The van der Waals surface area contributed by atoms with Gasteiger partial charge in [-0.3, -0.25) is 0 Å². The summed E-state index contributed by atoms with van der Waals surface area (Å²) in [6, 6.07) is 7.40. The molecule has 1 aliphatic heterocycles. The van der Waals surface area contributed by atoms with Crippen molar-refractivity contribution in [2.75, 3.05) is 18.0 Å². The van der Waals surface area contributed by atoms with E-state index < -0.39 is 0 Å². The number of benzene rings is 1. The lowest BCUT2D eigenvalue weighted by molar-refractivity contribution is 0.550. The number of nitrogens with one attached hydrogen (secondary N) is 1. The van der Waals surface area contributed by atoms with Gasteiger partial charge in [0.15, 0.2) is 0 Å². The predicted octanol–water partition coefficient (Wildman–Crippen LogP) is 4.96. The van der Waals surface area contributed by atoms with Crippen molar-refractivity contribution in [3.05, 3.63) is 28.2 Å². The van der Waals surface area contributed by atoms with Gasteiger partial charge in [0.2, 0.25) is 0 Å². The zero-order valence-corrected chi connectivity index (χ0v) is 15.2. The van der Waals surface area contributed by atoms with Gasteiger partial charge in [0.1, 0.15) is 0 Å². The van der Waals surface area contributed by atoms with Crippen LogP contribution in [0.1, 0.15) is 52.0 Å². The quantitative estimate of drug-likeness (QED) is 0.805. The fourth-order valence-corrected chi connectivity index (χ4v) is 3.51. The third kappa shape index (κ3) is 5.00. The molecule has 2 nitrogen and oxygen atoms in total. The van der Waals surface area contributed by atoms with Gasteiger partial charge in [0, 0.05) is 29.3 Å². The molecule has 1 unspecified atom stereocenters. The Kier molecular flexibility index (Phi) is 6.56. The lowest BCUT2D eigenvalue weighted by atomic mass is 10.1. The molecule has 0 aliphatic carbocycles. The summed E-state index contributed by atoms with van der Waals surface area (Å²) in [5, 5.41) is 3.59. The van der Waals surface area contributed by atoms with Crippen molar-refractivity contribution < 1.29 is 0 Å². The lowest BCUT2D eigenvalue weighted by Crippen LogP contribution is -2.33. The minimum atomic E-state index is 0.650. The van der Waals surface area contributed by atoms with Crippen LogP contribution in [0.5, 0.6) is 0 Å². The molecule has 1 aromatic rings. The highest BCUT2D eigenvalue weighted by atomic mass is 79.9. The van der Waals surface area contributed by atoms with E-state index in [2.05, 4.69) is 65.1 Å². The van der Waals surface area contributed by atoms with E-state index in [4.69, 9.17) is 0 Å². The fraction of sp³-hybridized carbons (Fsp3) is 0.667. The molecule has 1 fully saturated rings. The van der Waals surface area contributed by atoms with Crippen LogP contribution >= 0.6 is 15.9 Å². The van der Waals surface area contributed by atoms with Crippen LogP contribution < -0.4 is 10.2 Å². The lowest BCUT2D eigenvalue weighted by Gasteiger charge is -2.31. The van der Waals surface area contributed by atoms with Gasteiger partial charge in [-0.25, -0.2) is 0 Å². The summed E-state index contributed by atoms with van der Waals surface area (Å²) < 4.78 is 1.18. The van der Waals surface area contributed by atoms with Crippen LogP contribution in [0.4, 0.5) is 5.69 Å². The molecule has 0 radical (unpaired) electrons. The monoisotopic (exact) mass is 352 g/mol. The Morgan fingerprint density at radius 2 is 2.10 bits per heavy atom. The van der Waals surface area contributed by atoms with Crippen molar-refractivity contribution in [1.82, 2.24) is 5.32 Å². The second kappa shape index (κ2) is 8.19. The Balaban J connectivity index is 2.16. The molecule has 1 saturated heterocycles. The van der Waals surface area contributed by atoms with Gasteiger partial charge in [-0.05, 0) is 56.0 Å². The highest BCUT2D eigenvalue weighted by molar-refractivity contribution is 9.10. The molecule has 0 bridgehead atoms. The summed E-state index contributed by atoms with van der Waals surface area (Å²) in [4.78, 5) is 2.62. The number of hydrogen-bond acceptors (Lipinski definition) is 2. The van der Waals surface area contributed by atoms with E-state index in [-0.39, 0.29) is 0 Å². The number of halogens is 1. The Morgan fingerprint density at radius 3 is 2.86 bits per heavy atom. The van der Waals surface area contributed by atoms with E-state index >= 15 is 0 Å². The van der Waals surface area contributed by atoms with Crippen LogP contribution in [-0.2, 0) is 6.54 Å². The van der Waals surface area contributed by atoms with E-state index in [9.17, 15) is 0 Å². The van der Waals surface area contributed by atoms with Gasteiger partial charge >= 0.3 is 0 Å². The highest BCUT2D eigenvalue weighted by Crippen LogP contribution is 2.29. The third-order valence-electron chi connectivity index (χ3n) is 4.27. The van der Waals surface area contributed by atoms with Crippen molar-refractivity contribution in [3.63, 3.8) is 0 Å². The largest absolute Gasteiger partial charge is 0.369 e. The van der Waals surface area contributed by atoms with Crippen molar-refractivity contribution in [3.8, 4) is 0 Å². The average molecular weight is 353 g/mol. The first-order valence-corrected chi connectivity index (χ1v) is 9.13. The van der Waals surface area contributed by atoms with Gasteiger partial charge < -0.3 is 10.2 Å². The molecule has 21 heavy (non-hydrogen) atoms. The predicted molar refractivity (Wildman–Crippen MR) is 96.0 cm³/mol. The second-order valence-electron chi connectivity index (χ2n) is 6.69. The molecule has 0 saturated carbocycles. The van der Waals surface area contributed by atoms with Crippen molar-refractivity contribution in [1.29, 1.82) is 0 Å². The highest BCUT2D eigenvalue weighted by Gasteiger charge is 2.19. The van der Waals surface area contributed by atoms with Gasteiger partial charge in [-0.2, -0.15) is 0 Å². The number of rotatable bonds is 5. The molecule has 3 heteroatoms. The molecule has 0 amide bonds. The molecule has 1 heterocycles. The first kappa shape index (κ1) is 16.8. The third-order valence-corrected chi connectivity index (χ3v) is 4.77. The van der Waals surface area contributed by atoms with Gasteiger partial charge in [-0.15, -0.1) is 0 Å². The smallest absolute Gasteiger partial charge is 0.0415 e. The molecule has 1 aromatic carbocycles. The average Bonchev–Trinajstić information content (AvgIpc) is 2.64. The standard InChI is InChI=1S/C18H29BrN2/c1-14(2)12-20-13-16-11-17(19)8-9-18(16)21-10-6-4-5-7-15(21)3/h8-9,11,14-15,20H,4-7,10,12-13H2,1-3H3. The molecular formula is C18H29BrN2. The van der Waals surface area contributed by atoms with Crippen molar-refractivity contribution in [2.45, 2.75) is 59.0 Å². The minimum Gasteiger partial charge on any atom is -0.369 e. The molecule has 1 aliphatic rings. The normalized spacial score (nSPS) is 19.9. The fourth-order valence-electron chi connectivity index (χ4n) is 3.10. The zero-order chi connectivity index (χ0) is 15.2. The molecule has 1 atom stereocenters. The van der Waals surface area contributed by atoms with Crippen LogP contribution in [0.25, 0.3) is 0 Å². The summed E-state index contributed by atoms with van der Waals surface area (Å²) in [6.07, 6.45) is 5.38. The Labute approximate surface area is 138 Å². The topological polar surface area (TPSA) is 15.3 Å². The summed E-state index contributed by atoms with van der Waals surface area (Å²) in [5.41, 5.74) is 2.84. The molecule has 0 aromatic heterocycles. The Bertz CT molecular complexity index is 445. The SMILES string of the molecule is CC(C)CNCc1cc(Br)ccc1N1CCCCCC1C. The first-order valence-electron chi connectivity index (χ1n) is 8.33. The molecule has 1 N–H and O–H groups in total. The van der Waals surface area contributed by atoms with E-state index in [1.807, 2.05) is 0 Å². The maximum absolute atomic E-state index is 3.63. The summed E-state index contributed by atoms with van der Waals surface area (Å²) in [6.45, 7) is 10.1. The zero-order valence-electron chi connectivity index (χ0n) is 13.7. The Hall–Kier alpha value is -0.540. The van der Waals surface area contributed by atoms with Crippen LogP contribution in [0.2, 0.25) is 0 Å². The summed E-state index contributed by atoms with van der Waals surface area (Å²) >= 11 is 3.63. The van der Waals surface area contributed by atoms with Crippen LogP contribution in [0.15, 0.2) is 22.7 Å². The molecule has 2 rings (SSSR count). The van der Waals surface area contributed by atoms with E-state index in [1.165, 1.54) is 48.0 Å². The minimum absolute atomic E-state index is 0.650. The first-order chi connectivity index (χ1) is 10.1. The number of nitrogens with zero attached hydrogens (tertiary/aromatic N) is 1. The number of anilines is 1. The van der Waals surface area contributed by atoms with Gasteiger partial charge in [-0.1, -0.05) is 42.6 Å². The van der Waals surface area contributed by atoms with Crippen molar-refractivity contribution in [2.24, 2.45) is 5.92 Å². The molecule has 118 valence electrons. The number of hydrogen-bond donors (Lipinski definition) is 1. The molecular weight excluding hydrogens is 324 g/mol. The summed E-state index contributed by atoms with van der Waals surface area (Å²) in [5.74, 6) is 0.692. The van der Waals surface area contributed by atoms with Crippen LogP contribution in [-0.4, -0.2) is 19.1 Å². The summed E-state index contributed by atoms with van der Waals surface area (Å²) in [7, 11) is 0. The van der Waals surface area contributed by atoms with Gasteiger partial charge in [0.25, 0.3) is 0 Å². The maximum atomic E-state index is 3.63. The molecule has 0 spiro atoms. The Morgan fingerprint density at radius 1 is 1.29 bits per heavy atom. The second-order valence-corrected chi connectivity index (χ2v) is 7.61. The van der Waals surface area contributed by atoms with E-state index in [0.717, 1.165) is 13.1 Å². The van der Waals surface area contributed by atoms with Crippen LogP contribution in [0.3, 0.4) is 0 Å². The van der Waals surface area contributed by atoms with Crippen molar-refractivity contribution >= 4 is 21.6 Å². The van der Waals surface area contributed by atoms with E-state index in [0.29, 0.717) is 12.0 Å². The van der Waals surface area contributed by atoms with Crippen LogP contribution in [0, 0.1) is 5.92 Å². The van der Waals surface area contributed by atoms with E-state index in [1.54, 1.807) is 0 Å².